The third-order valence-electron chi connectivity index (χ3n) is 6.31. The van der Waals surface area contributed by atoms with Crippen LogP contribution in [0, 0.1) is 6.92 Å². The smallest absolute Gasteiger partial charge is 0.240 e. The molecule has 6 nitrogen and oxygen atoms in total. The van der Waals surface area contributed by atoms with Gasteiger partial charge in [0.1, 0.15) is 5.75 Å². The van der Waals surface area contributed by atoms with E-state index < -0.39 is 10.0 Å². The van der Waals surface area contributed by atoms with Crippen LogP contribution in [0.5, 0.6) is 5.75 Å². The van der Waals surface area contributed by atoms with Crippen molar-refractivity contribution in [3.63, 3.8) is 0 Å². The number of nitrogens with zero attached hydrogens (tertiary/aromatic N) is 2. The number of benzene rings is 2. The zero-order valence-corrected chi connectivity index (χ0v) is 20.4. The van der Waals surface area contributed by atoms with Crippen LogP contribution >= 0.6 is 0 Å². The number of rotatable bonds is 9. The summed E-state index contributed by atoms with van der Waals surface area (Å²) in [6.07, 6.45) is 3.87. The van der Waals surface area contributed by atoms with Crippen molar-refractivity contribution in [2.45, 2.75) is 44.2 Å². The summed E-state index contributed by atoms with van der Waals surface area (Å²) in [6, 6.07) is 17.6. The van der Waals surface area contributed by atoms with Gasteiger partial charge in [-0.25, -0.2) is 13.1 Å². The molecule has 0 saturated heterocycles. The van der Waals surface area contributed by atoms with Gasteiger partial charge >= 0.3 is 0 Å². The predicted molar refractivity (Wildman–Crippen MR) is 131 cm³/mol. The Kier molecular flexibility index (Phi) is 7.22. The highest BCUT2D eigenvalue weighted by Gasteiger charge is 2.28. The molecule has 2 heterocycles. The van der Waals surface area contributed by atoms with E-state index >= 15 is 0 Å². The third-order valence-corrected chi connectivity index (χ3v) is 7.73. The molecule has 0 spiro atoms. The topological polar surface area (TPSA) is 63.6 Å². The number of aryl methyl sites for hydroxylation is 2. The molecule has 0 radical (unpaired) electrons. The van der Waals surface area contributed by atoms with Crippen LogP contribution < -0.4 is 9.46 Å². The van der Waals surface area contributed by atoms with Crippen molar-refractivity contribution in [3.8, 4) is 5.75 Å². The summed E-state index contributed by atoms with van der Waals surface area (Å²) in [6.45, 7) is 6.52. The largest absolute Gasteiger partial charge is 0.493 e. The summed E-state index contributed by atoms with van der Waals surface area (Å²) in [5.74, 6) is 0.726. The van der Waals surface area contributed by atoms with E-state index in [0.29, 0.717) is 13.2 Å². The molecule has 4 rings (SSSR count). The first-order valence-corrected chi connectivity index (χ1v) is 13.0. The Labute approximate surface area is 197 Å². The van der Waals surface area contributed by atoms with Gasteiger partial charge in [0.2, 0.25) is 10.0 Å². The van der Waals surface area contributed by atoms with Gasteiger partial charge in [0, 0.05) is 38.6 Å². The molecule has 0 amide bonds. The number of hydrogen-bond donors (Lipinski definition) is 1. The molecule has 7 heteroatoms. The minimum Gasteiger partial charge on any atom is -0.493 e. The van der Waals surface area contributed by atoms with E-state index in [0.717, 1.165) is 42.9 Å². The van der Waals surface area contributed by atoms with Gasteiger partial charge in [-0.2, -0.15) is 0 Å². The molecule has 1 aliphatic heterocycles. The molecule has 0 bridgehead atoms. The van der Waals surface area contributed by atoms with Gasteiger partial charge in [0.05, 0.1) is 17.5 Å². The third kappa shape index (κ3) is 5.32. The van der Waals surface area contributed by atoms with Crippen molar-refractivity contribution in [1.82, 2.24) is 14.2 Å². The molecule has 0 aliphatic carbocycles. The van der Waals surface area contributed by atoms with Crippen LogP contribution in [0.25, 0.3) is 0 Å². The maximum atomic E-state index is 13.2. The Morgan fingerprint density at radius 2 is 1.88 bits per heavy atom. The number of ether oxygens (including phenoxy) is 1. The fraction of sp³-hybridized carbons (Fsp3) is 0.385. The second kappa shape index (κ2) is 10.1. The summed E-state index contributed by atoms with van der Waals surface area (Å²) < 4.78 is 37.0. The van der Waals surface area contributed by atoms with E-state index in [1.165, 1.54) is 11.1 Å². The van der Waals surface area contributed by atoms with Gasteiger partial charge in [-0.15, -0.1) is 0 Å². The molecule has 0 saturated carbocycles. The number of hydrogen-bond acceptors (Lipinski definition) is 4. The predicted octanol–water partition coefficient (Wildman–Crippen LogP) is 4.20. The molecule has 1 atom stereocenters. The van der Waals surface area contributed by atoms with Gasteiger partial charge in [-0.05, 0) is 66.8 Å². The van der Waals surface area contributed by atoms with Crippen LogP contribution in [0.2, 0.25) is 0 Å². The summed E-state index contributed by atoms with van der Waals surface area (Å²) in [5.41, 5.74) is 4.60. The van der Waals surface area contributed by atoms with E-state index in [4.69, 9.17) is 4.74 Å². The Morgan fingerprint density at radius 3 is 2.58 bits per heavy atom. The standard InChI is InChI=1S/C26H33N3O3S/c1-4-16-32-26-12-11-23(17-20(26)2)33(30,31)27-18-25(24-10-7-14-28(24)3)29-15-13-21-8-5-6-9-22(21)19-29/h5-12,14,17,25,27H,4,13,15-16,18-19H2,1-3H3. The number of sulfonamides is 1. The molecular formula is C26H33N3O3S. The highest BCUT2D eigenvalue weighted by Crippen LogP contribution is 2.28. The average molecular weight is 468 g/mol. The quantitative estimate of drug-likeness (QED) is 0.512. The van der Waals surface area contributed by atoms with Crippen LogP contribution in [-0.4, -0.2) is 37.6 Å². The molecule has 1 N–H and O–H groups in total. The minimum absolute atomic E-state index is 0.0682. The number of nitrogens with one attached hydrogen (secondary N) is 1. The van der Waals surface area contributed by atoms with Gasteiger partial charge in [-0.3, -0.25) is 4.90 Å². The van der Waals surface area contributed by atoms with Crippen molar-refractivity contribution >= 4 is 10.0 Å². The molecule has 176 valence electrons. The second-order valence-corrected chi connectivity index (χ2v) is 10.4. The lowest BCUT2D eigenvalue weighted by Crippen LogP contribution is -2.41. The van der Waals surface area contributed by atoms with Crippen LogP contribution in [0.15, 0.2) is 65.7 Å². The number of aromatic nitrogens is 1. The molecule has 1 unspecified atom stereocenters. The molecule has 3 aromatic rings. The highest BCUT2D eigenvalue weighted by atomic mass is 32.2. The second-order valence-electron chi connectivity index (χ2n) is 8.68. The fourth-order valence-corrected chi connectivity index (χ4v) is 5.58. The molecule has 2 aromatic carbocycles. The SMILES string of the molecule is CCCOc1ccc(S(=O)(=O)NCC(c2cccn2C)N2CCc3ccccc3C2)cc1C. The van der Waals surface area contributed by atoms with E-state index in [2.05, 4.69) is 44.5 Å². The summed E-state index contributed by atoms with van der Waals surface area (Å²) in [4.78, 5) is 2.63. The summed E-state index contributed by atoms with van der Waals surface area (Å²) >= 11 is 0. The lowest BCUT2D eigenvalue weighted by molar-refractivity contribution is 0.174. The van der Waals surface area contributed by atoms with Gasteiger partial charge < -0.3 is 9.30 Å². The van der Waals surface area contributed by atoms with E-state index in [1.54, 1.807) is 18.2 Å². The Balaban J connectivity index is 1.54. The molecule has 1 aromatic heterocycles. The first kappa shape index (κ1) is 23.5. The van der Waals surface area contributed by atoms with Crippen molar-refractivity contribution in [2.75, 3.05) is 19.7 Å². The minimum atomic E-state index is -3.66. The van der Waals surface area contributed by atoms with E-state index in [9.17, 15) is 8.42 Å². The molecule has 1 aliphatic rings. The van der Waals surface area contributed by atoms with Crippen molar-refractivity contribution in [1.29, 1.82) is 0 Å². The average Bonchev–Trinajstić information content (AvgIpc) is 3.23. The normalized spacial score (nSPS) is 15.2. The molecule has 0 fully saturated rings. The fourth-order valence-electron chi connectivity index (χ4n) is 4.46. The maximum absolute atomic E-state index is 13.2. The summed E-state index contributed by atoms with van der Waals surface area (Å²) in [7, 11) is -1.65. The van der Waals surface area contributed by atoms with E-state index in [-0.39, 0.29) is 10.9 Å². The van der Waals surface area contributed by atoms with Gasteiger partial charge in [-0.1, -0.05) is 31.2 Å². The Hall–Kier alpha value is -2.61. The lowest BCUT2D eigenvalue weighted by Gasteiger charge is -2.36. The monoisotopic (exact) mass is 467 g/mol. The van der Waals surface area contributed by atoms with Crippen molar-refractivity contribution < 1.29 is 13.2 Å². The van der Waals surface area contributed by atoms with Gasteiger partial charge in [0.15, 0.2) is 0 Å². The van der Waals surface area contributed by atoms with E-state index in [1.807, 2.05) is 33.2 Å². The first-order valence-electron chi connectivity index (χ1n) is 11.5. The molecule has 33 heavy (non-hydrogen) atoms. The Morgan fingerprint density at radius 1 is 1.09 bits per heavy atom. The van der Waals surface area contributed by atoms with Gasteiger partial charge in [0.25, 0.3) is 0 Å². The van der Waals surface area contributed by atoms with Crippen LogP contribution in [0.3, 0.4) is 0 Å². The van der Waals surface area contributed by atoms with Crippen molar-refractivity contribution in [3.05, 3.63) is 83.2 Å². The first-order chi connectivity index (χ1) is 15.9. The van der Waals surface area contributed by atoms with Crippen LogP contribution in [0.1, 0.15) is 41.8 Å². The van der Waals surface area contributed by atoms with Crippen molar-refractivity contribution in [2.24, 2.45) is 7.05 Å². The van der Waals surface area contributed by atoms with Crippen LogP contribution in [-0.2, 0) is 30.0 Å². The zero-order chi connectivity index (χ0) is 23.4. The number of fused-ring (bicyclic) bond motifs is 1. The zero-order valence-electron chi connectivity index (χ0n) is 19.6. The molecular weight excluding hydrogens is 434 g/mol. The van der Waals surface area contributed by atoms with Crippen LogP contribution in [0.4, 0.5) is 0 Å². The lowest BCUT2D eigenvalue weighted by atomic mass is 9.98. The highest BCUT2D eigenvalue weighted by molar-refractivity contribution is 7.89. The Bertz CT molecular complexity index is 1200. The maximum Gasteiger partial charge on any atom is 0.240 e. The summed E-state index contributed by atoms with van der Waals surface area (Å²) in [5, 5.41) is 0.